The lowest BCUT2D eigenvalue weighted by Crippen LogP contribution is -2.54. The molecule has 0 bridgehead atoms. The van der Waals surface area contributed by atoms with Gasteiger partial charge >= 0.3 is 5.97 Å². The number of carbonyl (C=O) groups is 2. The number of amides is 1. The number of carboxylic acids is 1. The first-order chi connectivity index (χ1) is 15.4. The van der Waals surface area contributed by atoms with Crippen molar-refractivity contribution in [1.82, 2.24) is 25.6 Å². The van der Waals surface area contributed by atoms with Gasteiger partial charge in [0.25, 0.3) is 0 Å². The summed E-state index contributed by atoms with van der Waals surface area (Å²) in [6.07, 6.45) is 8.76. The number of hydrogen-bond acceptors (Lipinski definition) is 7. The largest absolute Gasteiger partial charge is 0.481 e. The van der Waals surface area contributed by atoms with Gasteiger partial charge < -0.3 is 15.7 Å². The number of aryl methyl sites for hydroxylation is 1. The Bertz CT molecular complexity index is 1100. The molecule has 1 amide bonds. The van der Waals surface area contributed by atoms with E-state index in [1.54, 1.807) is 6.20 Å². The lowest BCUT2D eigenvalue weighted by Gasteiger charge is -2.42. The van der Waals surface area contributed by atoms with Gasteiger partial charge in [0, 0.05) is 49.7 Å². The summed E-state index contributed by atoms with van der Waals surface area (Å²) in [6.45, 7) is 4.56. The zero-order valence-electron chi connectivity index (χ0n) is 18.2. The number of pyridine rings is 1. The van der Waals surface area contributed by atoms with E-state index in [2.05, 4.69) is 32.3 Å². The minimum absolute atomic E-state index is 0.0502. The van der Waals surface area contributed by atoms with Crippen molar-refractivity contribution >= 4 is 34.3 Å². The minimum atomic E-state index is -0.743. The van der Waals surface area contributed by atoms with Crippen molar-refractivity contribution in [3.05, 3.63) is 24.0 Å². The molecule has 0 saturated heterocycles. The highest BCUT2D eigenvalue weighted by atomic mass is 16.7. The van der Waals surface area contributed by atoms with Crippen LogP contribution >= 0.6 is 0 Å². The minimum Gasteiger partial charge on any atom is -0.481 e. The van der Waals surface area contributed by atoms with Crippen molar-refractivity contribution in [2.45, 2.75) is 70.2 Å². The Balaban J connectivity index is 1.41. The molecule has 0 radical (unpaired) electrons. The number of aliphatic carboxylic acids is 1. The summed E-state index contributed by atoms with van der Waals surface area (Å²) in [4.78, 5) is 33.4. The molecular formula is C22H28N6O4. The van der Waals surface area contributed by atoms with E-state index in [9.17, 15) is 14.7 Å². The molecule has 2 aliphatic carbocycles. The van der Waals surface area contributed by atoms with Gasteiger partial charge in [-0.05, 0) is 25.8 Å². The molecule has 1 spiro atoms. The summed E-state index contributed by atoms with van der Waals surface area (Å²) in [5.74, 6) is -0.992. The van der Waals surface area contributed by atoms with E-state index < -0.39 is 11.6 Å². The molecule has 1 aliphatic heterocycles. The number of nitrogens with one attached hydrogen (secondary N) is 3. The van der Waals surface area contributed by atoms with E-state index in [0.717, 1.165) is 28.0 Å². The molecule has 3 aliphatic rings. The van der Waals surface area contributed by atoms with Crippen LogP contribution in [0.1, 0.15) is 51.5 Å². The second kappa shape index (κ2) is 7.77. The maximum absolute atomic E-state index is 11.7. The fourth-order valence-electron chi connectivity index (χ4n) is 4.78. The average Bonchev–Trinajstić information content (AvgIpc) is 3.34. The van der Waals surface area contributed by atoms with Crippen LogP contribution < -0.4 is 16.1 Å². The molecule has 5 rings (SSSR count). The Kier molecular flexibility index (Phi) is 5.04. The molecule has 10 nitrogen and oxygen atoms in total. The van der Waals surface area contributed by atoms with Crippen molar-refractivity contribution in [2.75, 3.05) is 5.32 Å². The van der Waals surface area contributed by atoms with Crippen molar-refractivity contribution < 1.29 is 19.5 Å². The van der Waals surface area contributed by atoms with E-state index in [0.29, 0.717) is 38.6 Å². The summed E-state index contributed by atoms with van der Waals surface area (Å²) >= 11 is 0. The number of aromatic nitrogens is 3. The second-order valence-electron chi connectivity index (χ2n) is 8.95. The van der Waals surface area contributed by atoms with Gasteiger partial charge in [0.15, 0.2) is 5.65 Å². The van der Waals surface area contributed by atoms with Crippen LogP contribution in [0.3, 0.4) is 0 Å². The van der Waals surface area contributed by atoms with Crippen LogP contribution in [0.4, 0.5) is 5.69 Å². The van der Waals surface area contributed by atoms with Crippen LogP contribution in [0.2, 0.25) is 0 Å². The highest BCUT2D eigenvalue weighted by molar-refractivity contribution is 5.96. The first-order valence-corrected chi connectivity index (χ1v) is 11.2. The topological polar surface area (TPSA) is 130 Å². The maximum atomic E-state index is 11.7. The number of rotatable bonds is 7. The van der Waals surface area contributed by atoms with Gasteiger partial charge in [0.05, 0.1) is 28.9 Å². The molecule has 2 aromatic rings. The molecule has 3 heterocycles. The van der Waals surface area contributed by atoms with Gasteiger partial charge in [0.1, 0.15) is 5.60 Å². The fourth-order valence-corrected chi connectivity index (χ4v) is 4.78. The standard InChI is InChI=1S/C22H28N6O4/c1-3-18(29)25-14-7-22(8-14)9-17(27-32-22)15-10-23-20-16(11-24-28(20)4-2)19(15)26-13-5-12(6-13)21(30)31/h9-14,27H,3-8H2,1-2H3,(H,23,26)(H,25,29)(H,30,31). The van der Waals surface area contributed by atoms with Crippen LogP contribution in [0.15, 0.2) is 18.5 Å². The van der Waals surface area contributed by atoms with Crippen molar-refractivity contribution in [2.24, 2.45) is 5.92 Å². The van der Waals surface area contributed by atoms with E-state index in [1.165, 1.54) is 0 Å². The van der Waals surface area contributed by atoms with Crippen LogP contribution in [0.25, 0.3) is 16.7 Å². The van der Waals surface area contributed by atoms with Crippen LogP contribution in [-0.4, -0.2) is 49.4 Å². The number of anilines is 1. The Morgan fingerprint density at radius 3 is 2.75 bits per heavy atom. The summed E-state index contributed by atoms with van der Waals surface area (Å²) in [5.41, 5.74) is 5.98. The molecule has 0 aromatic carbocycles. The van der Waals surface area contributed by atoms with Gasteiger partial charge in [-0.15, -0.1) is 0 Å². The molecule has 2 aromatic heterocycles. The molecule has 2 fully saturated rings. The number of nitrogens with zero attached hydrogens (tertiary/aromatic N) is 3. The summed E-state index contributed by atoms with van der Waals surface area (Å²) in [6, 6.07) is 0.198. The molecule has 2 saturated carbocycles. The van der Waals surface area contributed by atoms with E-state index in [4.69, 9.17) is 4.84 Å². The normalized spacial score (nSPS) is 28.6. The summed E-state index contributed by atoms with van der Waals surface area (Å²) in [7, 11) is 0. The van der Waals surface area contributed by atoms with Crippen molar-refractivity contribution in [3.8, 4) is 0 Å². The second-order valence-corrected chi connectivity index (χ2v) is 8.95. The maximum Gasteiger partial charge on any atom is 0.306 e. The number of hydroxylamine groups is 1. The average molecular weight is 441 g/mol. The third-order valence-corrected chi connectivity index (χ3v) is 6.73. The lowest BCUT2D eigenvalue weighted by atomic mass is 9.75. The van der Waals surface area contributed by atoms with Gasteiger partial charge in [-0.1, -0.05) is 6.92 Å². The molecular weight excluding hydrogens is 412 g/mol. The number of carbonyl (C=O) groups excluding carboxylic acids is 1. The highest BCUT2D eigenvalue weighted by Gasteiger charge is 2.48. The van der Waals surface area contributed by atoms with Crippen LogP contribution in [0.5, 0.6) is 0 Å². The SMILES string of the molecule is CCC(=O)NC1CC2(C=C(c3cnc4c(cnn4CC)c3NC3CC(C(=O)O)C3)NO2)C1. The highest BCUT2D eigenvalue weighted by Crippen LogP contribution is 2.44. The van der Waals surface area contributed by atoms with Crippen LogP contribution in [-0.2, 0) is 21.0 Å². The van der Waals surface area contributed by atoms with Gasteiger partial charge in [-0.25, -0.2) is 9.67 Å². The van der Waals surface area contributed by atoms with Gasteiger partial charge in [-0.3, -0.25) is 19.9 Å². The quantitative estimate of drug-likeness (QED) is 0.515. The molecule has 10 heteroatoms. The van der Waals surface area contributed by atoms with Gasteiger partial charge in [0.2, 0.25) is 5.91 Å². The Labute approximate surface area is 185 Å². The Morgan fingerprint density at radius 1 is 1.28 bits per heavy atom. The molecule has 0 unspecified atom stereocenters. The number of hydrogen-bond donors (Lipinski definition) is 4. The zero-order valence-corrected chi connectivity index (χ0v) is 18.2. The predicted octanol–water partition coefficient (Wildman–Crippen LogP) is 2.03. The number of carboxylic acid groups (broad SMARTS) is 1. The van der Waals surface area contributed by atoms with Gasteiger partial charge in [-0.2, -0.15) is 5.10 Å². The lowest BCUT2D eigenvalue weighted by molar-refractivity contribution is -0.144. The predicted molar refractivity (Wildman–Crippen MR) is 117 cm³/mol. The third kappa shape index (κ3) is 3.48. The molecule has 0 atom stereocenters. The first kappa shape index (κ1) is 20.7. The zero-order chi connectivity index (χ0) is 22.5. The smallest absolute Gasteiger partial charge is 0.306 e. The number of fused-ring (bicyclic) bond motifs is 1. The van der Waals surface area contributed by atoms with Crippen molar-refractivity contribution in [1.29, 1.82) is 0 Å². The van der Waals surface area contributed by atoms with Crippen molar-refractivity contribution in [3.63, 3.8) is 0 Å². The molecule has 32 heavy (non-hydrogen) atoms. The fraction of sp³-hybridized carbons (Fsp3) is 0.545. The van der Waals surface area contributed by atoms with Crippen LogP contribution in [0, 0.1) is 5.92 Å². The summed E-state index contributed by atoms with van der Waals surface area (Å²) in [5, 5.41) is 21.1. The summed E-state index contributed by atoms with van der Waals surface area (Å²) < 4.78 is 1.84. The third-order valence-electron chi connectivity index (χ3n) is 6.73. The Morgan fingerprint density at radius 2 is 2.06 bits per heavy atom. The first-order valence-electron chi connectivity index (χ1n) is 11.2. The van der Waals surface area contributed by atoms with E-state index in [1.807, 2.05) is 24.7 Å². The Hall–Kier alpha value is -3.14. The van der Waals surface area contributed by atoms with E-state index in [-0.39, 0.29) is 23.9 Å². The van der Waals surface area contributed by atoms with E-state index >= 15 is 0 Å². The molecule has 170 valence electrons. The molecule has 4 N–H and O–H groups in total. The monoisotopic (exact) mass is 440 g/mol.